The minimum Gasteiger partial charge on any atom is -0.489 e. The van der Waals surface area contributed by atoms with Gasteiger partial charge < -0.3 is 4.74 Å². The van der Waals surface area contributed by atoms with Crippen LogP contribution in [0.5, 0.6) is 5.75 Å². The molecule has 1 aromatic carbocycles. The lowest BCUT2D eigenvalue weighted by Crippen LogP contribution is -2.57. The van der Waals surface area contributed by atoms with E-state index in [1.54, 1.807) is 0 Å². The minimum atomic E-state index is -0.226. The molecule has 0 radical (unpaired) electrons. The molecule has 3 atom stereocenters. The van der Waals surface area contributed by atoms with Crippen molar-refractivity contribution in [2.45, 2.75) is 82.6 Å². The summed E-state index contributed by atoms with van der Waals surface area (Å²) in [5.41, 5.74) is 5.21. The van der Waals surface area contributed by atoms with Crippen molar-refractivity contribution in [2.75, 3.05) is 13.1 Å². The molecule has 3 aliphatic heterocycles. The third-order valence-electron chi connectivity index (χ3n) is 8.41. The second-order valence-electron chi connectivity index (χ2n) is 10.7. The van der Waals surface area contributed by atoms with Crippen LogP contribution in [0.3, 0.4) is 0 Å². The van der Waals surface area contributed by atoms with E-state index < -0.39 is 0 Å². The molecular formula is C28H34N4O3. The zero-order chi connectivity index (χ0) is 23.9. The van der Waals surface area contributed by atoms with E-state index in [4.69, 9.17) is 4.74 Å². The number of likely N-dealkylation sites (tertiary alicyclic amines) is 1. The van der Waals surface area contributed by atoms with Crippen LogP contribution < -0.4 is 10.1 Å². The van der Waals surface area contributed by atoms with Crippen molar-refractivity contribution in [1.82, 2.24) is 20.1 Å². The smallest absolute Gasteiger partial charge is 0.243 e. The quantitative estimate of drug-likeness (QED) is 0.671. The predicted molar refractivity (Wildman–Crippen MR) is 132 cm³/mol. The Morgan fingerprint density at radius 2 is 1.83 bits per heavy atom. The number of carbonyl (C=O) groups excluding carboxylic acids is 2. The number of fused-ring (bicyclic) bond motifs is 1. The molecule has 184 valence electrons. The van der Waals surface area contributed by atoms with Gasteiger partial charge >= 0.3 is 0 Å². The van der Waals surface area contributed by atoms with Crippen molar-refractivity contribution in [3.8, 4) is 5.75 Å². The highest BCUT2D eigenvalue weighted by Gasteiger charge is 2.40. The number of aryl methyl sites for hydroxylation is 1. The number of nitrogens with zero attached hydrogens (tertiary/aromatic N) is 3. The maximum absolute atomic E-state index is 12.3. The van der Waals surface area contributed by atoms with E-state index in [0.29, 0.717) is 24.8 Å². The van der Waals surface area contributed by atoms with E-state index in [0.717, 1.165) is 38.3 Å². The summed E-state index contributed by atoms with van der Waals surface area (Å²) in [4.78, 5) is 32.9. The van der Waals surface area contributed by atoms with Crippen LogP contribution in [-0.2, 0) is 22.7 Å². The van der Waals surface area contributed by atoms with E-state index in [2.05, 4.69) is 51.3 Å². The standard InChI is InChI=1S/C28H34N4O3/c1-18-13-29-11-10-23(18)21-16-31(17-21)24-4-2-3-5-26(24)35-22-7-6-19-14-32(15-20(19)12-22)25-8-9-27(33)30-28(25)34/h6-7,10-13,21,24-26H,2-5,8-9,14-17H2,1H3,(H,30,33,34)/t24-,25?,26+/m1/s1. The predicted octanol–water partition coefficient (Wildman–Crippen LogP) is 3.30. The molecule has 2 amide bonds. The van der Waals surface area contributed by atoms with Crippen molar-refractivity contribution in [1.29, 1.82) is 0 Å². The first-order valence-corrected chi connectivity index (χ1v) is 13.1. The Kier molecular flexibility index (Phi) is 6.06. The van der Waals surface area contributed by atoms with Gasteiger partial charge in [0.25, 0.3) is 0 Å². The van der Waals surface area contributed by atoms with Gasteiger partial charge in [-0.25, -0.2) is 0 Å². The van der Waals surface area contributed by atoms with E-state index in [-0.39, 0.29) is 24.0 Å². The number of carbonyl (C=O) groups is 2. The summed E-state index contributed by atoms with van der Waals surface area (Å²) in [6.45, 7) is 5.83. The number of imide groups is 1. The summed E-state index contributed by atoms with van der Waals surface area (Å²) in [5, 5.41) is 2.49. The minimum absolute atomic E-state index is 0.162. The van der Waals surface area contributed by atoms with Gasteiger partial charge in [0.05, 0.1) is 6.04 Å². The van der Waals surface area contributed by atoms with Crippen LogP contribution in [-0.4, -0.2) is 57.9 Å². The fourth-order valence-corrected chi connectivity index (χ4v) is 6.45. The molecule has 7 nitrogen and oxygen atoms in total. The van der Waals surface area contributed by atoms with Gasteiger partial charge in [-0.05, 0) is 73.1 Å². The number of rotatable bonds is 5. The van der Waals surface area contributed by atoms with Gasteiger partial charge in [0.2, 0.25) is 11.8 Å². The van der Waals surface area contributed by atoms with E-state index in [1.165, 1.54) is 41.5 Å². The number of pyridine rings is 1. The van der Waals surface area contributed by atoms with E-state index in [1.807, 2.05) is 12.4 Å². The largest absolute Gasteiger partial charge is 0.489 e. The topological polar surface area (TPSA) is 74.8 Å². The summed E-state index contributed by atoms with van der Waals surface area (Å²) in [5.74, 6) is 1.21. The van der Waals surface area contributed by atoms with Crippen molar-refractivity contribution in [3.63, 3.8) is 0 Å². The summed E-state index contributed by atoms with van der Waals surface area (Å²) in [7, 11) is 0. The number of hydrogen-bond acceptors (Lipinski definition) is 6. The van der Waals surface area contributed by atoms with Gasteiger partial charge in [0, 0.05) is 57.0 Å². The number of piperidine rings is 1. The second-order valence-corrected chi connectivity index (χ2v) is 10.7. The fraction of sp³-hybridized carbons (Fsp3) is 0.536. The molecule has 0 spiro atoms. The van der Waals surface area contributed by atoms with E-state index >= 15 is 0 Å². The Morgan fingerprint density at radius 3 is 2.66 bits per heavy atom. The average Bonchev–Trinajstić information content (AvgIpc) is 3.23. The lowest BCUT2D eigenvalue weighted by atomic mass is 9.83. The molecule has 35 heavy (non-hydrogen) atoms. The average molecular weight is 475 g/mol. The van der Waals surface area contributed by atoms with Gasteiger partial charge in [-0.3, -0.25) is 29.7 Å². The van der Waals surface area contributed by atoms with Crippen LogP contribution in [0, 0.1) is 6.92 Å². The zero-order valence-electron chi connectivity index (χ0n) is 20.4. The molecule has 2 aromatic rings. The molecule has 0 bridgehead atoms. The normalized spacial score (nSPS) is 27.9. The van der Waals surface area contributed by atoms with Gasteiger partial charge in [-0.2, -0.15) is 0 Å². The maximum atomic E-state index is 12.3. The van der Waals surface area contributed by atoms with Crippen molar-refractivity contribution >= 4 is 11.8 Å². The van der Waals surface area contributed by atoms with Crippen molar-refractivity contribution < 1.29 is 14.3 Å². The summed E-state index contributed by atoms with van der Waals surface area (Å²) in [6, 6.07) is 8.84. The number of aromatic nitrogens is 1. The first kappa shape index (κ1) is 22.7. The van der Waals surface area contributed by atoms with Crippen LogP contribution in [0.2, 0.25) is 0 Å². The molecule has 7 heteroatoms. The highest BCUT2D eigenvalue weighted by Crippen LogP contribution is 2.37. The third kappa shape index (κ3) is 4.47. The number of benzene rings is 1. The highest BCUT2D eigenvalue weighted by molar-refractivity contribution is 6.00. The lowest BCUT2D eigenvalue weighted by molar-refractivity contribution is -0.137. The first-order valence-electron chi connectivity index (χ1n) is 13.1. The van der Waals surface area contributed by atoms with Gasteiger partial charge in [0.1, 0.15) is 11.9 Å². The summed E-state index contributed by atoms with van der Waals surface area (Å²) >= 11 is 0. The Balaban J connectivity index is 1.10. The Labute approximate surface area is 206 Å². The van der Waals surface area contributed by atoms with Crippen molar-refractivity contribution in [2.24, 2.45) is 0 Å². The first-order chi connectivity index (χ1) is 17.0. The van der Waals surface area contributed by atoms with Crippen LogP contribution in [0.25, 0.3) is 0 Å². The zero-order valence-corrected chi connectivity index (χ0v) is 20.4. The lowest BCUT2D eigenvalue weighted by Gasteiger charge is -2.48. The molecule has 1 aromatic heterocycles. The SMILES string of the molecule is Cc1cnccc1C1CN([C@@H]2CCCC[C@@H]2Oc2ccc3c(c2)CN(C2CCC(=O)NC2=O)C3)C1. The maximum Gasteiger partial charge on any atom is 0.243 e. The molecule has 1 aliphatic carbocycles. The number of ether oxygens (including phenoxy) is 1. The molecule has 1 N–H and O–H groups in total. The molecule has 1 saturated carbocycles. The fourth-order valence-electron chi connectivity index (χ4n) is 6.45. The molecule has 1 unspecified atom stereocenters. The van der Waals surface area contributed by atoms with Gasteiger partial charge in [-0.1, -0.05) is 12.5 Å². The molecule has 4 aliphatic rings. The Hall–Kier alpha value is -2.77. The number of nitrogens with one attached hydrogen (secondary N) is 1. The molecule has 4 heterocycles. The van der Waals surface area contributed by atoms with Crippen LogP contribution in [0.15, 0.2) is 36.7 Å². The molecule has 6 rings (SSSR count). The number of hydrogen-bond donors (Lipinski definition) is 1. The molecular weight excluding hydrogens is 440 g/mol. The number of amides is 2. The molecule has 2 saturated heterocycles. The second kappa shape index (κ2) is 9.36. The van der Waals surface area contributed by atoms with Crippen molar-refractivity contribution in [3.05, 3.63) is 58.9 Å². The summed E-state index contributed by atoms with van der Waals surface area (Å²) < 4.78 is 6.64. The molecule has 3 fully saturated rings. The monoisotopic (exact) mass is 474 g/mol. The van der Waals surface area contributed by atoms with Crippen LogP contribution >= 0.6 is 0 Å². The van der Waals surface area contributed by atoms with E-state index in [9.17, 15) is 9.59 Å². The third-order valence-corrected chi connectivity index (χ3v) is 8.41. The Bertz CT molecular complexity index is 1130. The van der Waals surface area contributed by atoms with Crippen LogP contribution in [0.4, 0.5) is 0 Å². The Morgan fingerprint density at radius 1 is 1.00 bits per heavy atom. The van der Waals surface area contributed by atoms with Gasteiger partial charge in [-0.15, -0.1) is 0 Å². The van der Waals surface area contributed by atoms with Gasteiger partial charge in [0.15, 0.2) is 0 Å². The summed E-state index contributed by atoms with van der Waals surface area (Å²) in [6.07, 6.45) is 9.89. The van der Waals surface area contributed by atoms with Crippen LogP contribution in [0.1, 0.15) is 66.7 Å². The highest BCUT2D eigenvalue weighted by atomic mass is 16.5.